The van der Waals surface area contributed by atoms with Crippen LogP contribution in [-0.2, 0) is 4.79 Å². The lowest BCUT2D eigenvalue weighted by molar-refractivity contribution is -0.384. The lowest BCUT2D eigenvalue weighted by atomic mass is 10.0. The van der Waals surface area contributed by atoms with Crippen LogP contribution in [0.4, 0.5) is 5.69 Å². The van der Waals surface area contributed by atoms with Crippen molar-refractivity contribution < 1.29 is 9.72 Å². The van der Waals surface area contributed by atoms with E-state index in [1.807, 2.05) is 0 Å². The zero-order chi connectivity index (χ0) is 20.6. The average molecular weight is 410 g/mol. The third kappa shape index (κ3) is 10.8. The van der Waals surface area contributed by atoms with Crippen LogP contribution < -0.4 is 0 Å². The van der Waals surface area contributed by atoms with E-state index in [2.05, 4.69) is 6.92 Å². The zero-order valence-electron chi connectivity index (χ0n) is 17.3. The highest BCUT2D eigenvalue weighted by molar-refractivity contribution is 6.31. The number of hydrogen-bond donors (Lipinski definition) is 0. The molecule has 0 saturated carbocycles. The molecule has 1 unspecified atom stereocenters. The second-order valence-electron chi connectivity index (χ2n) is 7.67. The van der Waals surface area contributed by atoms with Gasteiger partial charge in [-0.25, -0.2) is 0 Å². The molecule has 1 aromatic rings. The minimum absolute atomic E-state index is 0.00130. The molecule has 0 fully saturated rings. The van der Waals surface area contributed by atoms with Crippen LogP contribution in [0.5, 0.6) is 0 Å². The summed E-state index contributed by atoms with van der Waals surface area (Å²) in [5.41, 5.74) is 0.642. The molecule has 0 aliphatic rings. The second-order valence-corrected chi connectivity index (χ2v) is 8.11. The van der Waals surface area contributed by atoms with Gasteiger partial charge in [0.05, 0.1) is 4.92 Å². The normalized spacial score (nSPS) is 12.1. The van der Waals surface area contributed by atoms with E-state index < -0.39 is 10.3 Å². The molecular weight excluding hydrogens is 374 g/mol. The number of carbonyl (C=O) groups is 1. The lowest BCUT2D eigenvalue weighted by Gasteiger charge is -2.09. The molecule has 0 aliphatic heterocycles. The Balaban J connectivity index is 2.02. The zero-order valence-corrected chi connectivity index (χ0v) is 18.1. The number of unbranched alkanes of at least 4 members (excludes halogenated alkanes) is 12. The van der Waals surface area contributed by atoms with Gasteiger partial charge in [-0.3, -0.25) is 14.9 Å². The molecule has 1 aromatic carbocycles. The molecule has 1 atom stereocenters. The largest absolute Gasteiger partial charge is 0.298 e. The Morgan fingerprint density at radius 2 is 1.29 bits per heavy atom. The Hall–Kier alpha value is -1.42. The minimum Gasteiger partial charge on any atom is -0.298 e. The molecule has 0 aliphatic carbocycles. The smallest absolute Gasteiger partial charge is 0.269 e. The first-order valence-corrected chi connectivity index (χ1v) is 11.4. The number of nitro benzene ring substituents is 1. The summed E-state index contributed by atoms with van der Waals surface area (Å²) in [5, 5.41) is 9.96. The first-order chi connectivity index (χ1) is 13.6. The maximum absolute atomic E-state index is 12.2. The fourth-order valence-electron chi connectivity index (χ4n) is 3.39. The molecule has 0 bridgehead atoms. The topological polar surface area (TPSA) is 60.2 Å². The number of carbonyl (C=O) groups excluding carboxylic acids is 1. The van der Waals surface area contributed by atoms with Crippen LogP contribution in [0, 0.1) is 10.1 Å². The number of nitrogens with zero attached hydrogens (tertiary/aromatic N) is 1. The first kappa shape index (κ1) is 24.6. The van der Waals surface area contributed by atoms with Gasteiger partial charge in [-0.2, -0.15) is 0 Å². The van der Waals surface area contributed by atoms with E-state index in [0.29, 0.717) is 12.0 Å². The van der Waals surface area contributed by atoms with Crippen LogP contribution in [0.15, 0.2) is 24.3 Å². The third-order valence-electron chi connectivity index (χ3n) is 5.21. The van der Waals surface area contributed by atoms with Crippen LogP contribution in [0.3, 0.4) is 0 Å². The Morgan fingerprint density at radius 1 is 0.857 bits per heavy atom. The molecule has 0 spiro atoms. The van der Waals surface area contributed by atoms with E-state index in [-0.39, 0.29) is 11.5 Å². The molecule has 0 N–H and O–H groups in total. The van der Waals surface area contributed by atoms with E-state index in [1.165, 1.54) is 82.8 Å². The fourth-order valence-corrected chi connectivity index (χ4v) is 3.65. The second kappa shape index (κ2) is 15.5. The van der Waals surface area contributed by atoms with Gasteiger partial charge in [0.2, 0.25) is 0 Å². The quantitative estimate of drug-likeness (QED) is 0.113. The number of Topliss-reactive ketones (excluding diaryl/α,β-unsaturated/α-hetero) is 1. The van der Waals surface area contributed by atoms with E-state index in [9.17, 15) is 14.9 Å². The van der Waals surface area contributed by atoms with Gasteiger partial charge in [-0.15, -0.1) is 11.6 Å². The van der Waals surface area contributed by atoms with Crippen LogP contribution >= 0.6 is 11.6 Å². The first-order valence-electron chi connectivity index (χ1n) is 11.0. The van der Waals surface area contributed by atoms with Gasteiger partial charge in [0.15, 0.2) is 5.78 Å². The van der Waals surface area contributed by atoms with Crippen molar-refractivity contribution in [3.63, 3.8) is 0 Å². The Bertz CT molecular complexity index is 559. The van der Waals surface area contributed by atoms with Crippen molar-refractivity contribution in [3.05, 3.63) is 39.9 Å². The monoisotopic (exact) mass is 409 g/mol. The summed E-state index contributed by atoms with van der Waals surface area (Å²) in [7, 11) is 0. The van der Waals surface area contributed by atoms with Crippen LogP contribution in [0.2, 0.25) is 0 Å². The molecule has 0 saturated heterocycles. The number of nitro groups is 1. The summed E-state index contributed by atoms with van der Waals surface area (Å²) in [4.78, 5) is 22.4. The van der Waals surface area contributed by atoms with E-state index in [1.54, 1.807) is 12.1 Å². The lowest BCUT2D eigenvalue weighted by Crippen LogP contribution is -2.06. The summed E-state index contributed by atoms with van der Waals surface area (Å²) in [6, 6.07) is 5.92. The Kier molecular flexibility index (Phi) is 13.6. The van der Waals surface area contributed by atoms with Crippen LogP contribution in [0.1, 0.15) is 108 Å². The predicted octanol–water partition coefficient (Wildman–Crippen LogP) is 7.93. The van der Waals surface area contributed by atoms with Crippen LogP contribution in [0.25, 0.3) is 0 Å². The fraction of sp³-hybridized carbons (Fsp3) is 0.696. The maximum atomic E-state index is 12.2. The molecule has 28 heavy (non-hydrogen) atoms. The number of hydrogen-bond acceptors (Lipinski definition) is 3. The molecule has 1 rings (SSSR count). The average Bonchev–Trinajstić information content (AvgIpc) is 2.70. The number of rotatable bonds is 17. The number of alkyl halides is 1. The molecule has 0 radical (unpaired) electrons. The van der Waals surface area contributed by atoms with Crippen molar-refractivity contribution in [2.75, 3.05) is 0 Å². The number of benzene rings is 1. The summed E-state index contributed by atoms with van der Waals surface area (Å²) < 4.78 is 0. The van der Waals surface area contributed by atoms with Gasteiger partial charge in [0.25, 0.3) is 5.69 Å². The summed E-state index contributed by atoms with van der Waals surface area (Å²) in [6.07, 6.45) is 17.0. The Labute approximate surface area is 175 Å². The molecular formula is C23H36ClNO3. The van der Waals surface area contributed by atoms with E-state index in [4.69, 9.17) is 11.6 Å². The third-order valence-corrected chi connectivity index (χ3v) is 5.70. The summed E-state index contributed by atoms with van der Waals surface area (Å²) >= 11 is 6.22. The van der Waals surface area contributed by atoms with Crippen molar-refractivity contribution in [2.45, 2.75) is 102 Å². The van der Waals surface area contributed by atoms with E-state index in [0.717, 1.165) is 12.8 Å². The van der Waals surface area contributed by atoms with Gasteiger partial charge in [0.1, 0.15) is 5.38 Å². The predicted molar refractivity (Wildman–Crippen MR) is 117 cm³/mol. The van der Waals surface area contributed by atoms with Crippen molar-refractivity contribution in [2.24, 2.45) is 0 Å². The van der Waals surface area contributed by atoms with Crippen molar-refractivity contribution >= 4 is 23.1 Å². The number of ketones is 1. The molecule has 5 heteroatoms. The number of non-ortho nitro benzene ring substituents is 1. The SMILES string of the molecule is CCCCCCCCCCCCCCCC(=O)C(Cl)c1ccc([N+](=O)[O-])cc1. The maximum Gasteiger partial charge on any atom is 0.269 e. The van der Waals surface area contributed by atoms with Gasteiger partial charge in [0, 0.05) is 18.6 Å². The molecule has 0 amide bonds. The van der Waals surface area contributed by atoms with Crippen molar-refractivity contribution in [3.8, 4) is 0 Å². The minimum atomic E-state index is -0.710. The highest BCUT2D eigenvalue weighted by atomic mass is 35.5. The van der Waals surface area contributed by atoms with Crippen molar-refractivity contribution in [1.29, 1.82) is 0 Å². The molecule has 0 aromatic heterocycles. The van der Waals surface area contributed by atoms with Crippen molar-refractivity contribution in [1.82, 2.24) is 0 Å². The van der Waals surface area contributed by atoms with Gasteiger partial charge >= 0.3 is 0 Å². The summed E-state index contributed by atoms with van der Waals surface area (Å²) in [5.74, 6) is -0.00130. The molecule has 158 valence electrons. The number of halogens is 1. The highest BCUT2D eigenvalue weighted by Gasteiger charge is 2.18. The van der Waals surface area contributed by atoms with Gasteiger partial charge in [-0.05, 0) is 12.0 Å². The van der Waals surface area contributed by atoms with Crippen LogP contribution in [-0.4, -0.2) is 10.7 Å². The highest BCUT2D eigenvalue weighted by Crippen LogP contribution is 2.26. The summed E-state index contributed by atoms with van der Waals surface area (Å²) in [6.45, 7) is 2.25. The molecule has 4 nitrogen and oxygen atoms in total. The Morgan fingerprint density at radius 3 is 1.71 bits per heavy atom. The van der Waals surface area contributed by atoms with Gasteiger partial charge < -0.3 is 0 Å². The van der Waals surface area contributed by atoms with Gasteiger partial charge in [-0.1, -0.05) is 96.1 Å². The molecule has 0 heterocycles. The standard InChI is InChI=1S/C23H36ClNO3/c1-2-3-4-5-6-7-8-9-10-11-12-13-14-15-22(26)23(24)20-16-18-21(19-17-20)25(27)28/h16-19,23H,2-15H2,1H3. The van der Waals surface area contributed by atoms with E-state index >= 15 is 0 Å².